The van der Waals surface area contributed by atoms with E-state index in [1.54, 1.807) is 6.20 Å². The summed E-state index contributed by atoms with van der Waals surface area (Å²) < 4.78 is 0. The summed E-state index contributed by atoms with van der Waals surface area (Å²) in [7, 11) is 0. The molecular weight excluding hydrogens is 176 g/mol. The van der Waals surface area contributed by atoms with Gasteiger partial charge in [-0.15, -0.1) is 5.10 Å². The van der Waals surface area contributed by atoms with Crippen molar-refractivity contribution in [2.75, 3.05) is 18.0 Å². The highest BCUT2D eigenvalue weighted by atomic mass is 15.3. The lowest BCUT2D eigenvalue weighted by atomic mass is 10.2. The summed E-state index contributed by atoms with van der Waals surface area (Å²) in [6.07, 6.45) is 4.15. The SMILES string of the molecule is Cc1cnnc(N2CCCC2CN)c1. The van der Waals surface area contributed by atoms with Gasteiger partial charge in [-0.25, -0.2) is 0 Å². The standard InChI is InChI=1S/C10H16N4/c1-8-5-10(13-12-7-8)14-4-2-3-9(14)6-11/h5,7,9H,2-4,6,11H2,1H3. The molecule has 0 saturated carbocycles. The van der Waals surface area contributed by atoms with Crippen molar-refractivity contribution in [3.63, 3.8) is 0 Å². The number of hydrogen-bond acceptors (Lipinski definition) is 4. The summed E-state index contributed by atoms with van der Waals surface area (Å²) in [4.78, 5) is 2.26. The van der Waals surface area contributed by atoms with Crippen molar-refractivity contribution in [1.29, 1.82) is 0 Å². The minimum Gasteiger partial charge on any atom is -0.351 e. The normalized spacial score (nSPS) is 21.6. The van der Waals surface area contributed by atoms with Crippen molar-refractivity contribution in [2.24, 2.45) is 5.73 Å². The maximum atomic E-state index is 5.71. The van der Waals surface area contributed by atoms with Crippen LogP contribution in [0, 0.1) is 6.92 Å². The molecule has 2 N–H and O–H groups in total. The smallest absolute Gasteiger partial charge is 0.151 e. The van der Waals surface area contributed by atoms with Gasteiger partial charge in [0.25, 0.3) is 0 Å². The van der Waals surface area contributed by atoms with Crippen LogP contribution in [0.15, 0.2) is 12.3 Å². The zero-order valence-corrected chi connectivity index (χ0v) is 8.48. The van der Waals surface area contributed by atoms with Crippen molar-refractivity contribution < 1.29 is 0 Å². The molecule has 14 heavy (non-hydrogen) atoms. The van der Waals surface area contributed by atoms with Crippen molar-refractivity contribution >= 4 is 5.82 Å². The molecule has 1 aromatic rings. The third-order valence-electron chi connectivity index (χ3n) is 2.72. The molecule has 1 aliphatic heterocycles. The Balaban J connectivity index is 2.21. The highest BCUT2D eigenvalue weighted by molar-refractivity contribution is 5.41. The molecular formula is C10H16N4. The number of rotatable bonds is 2. The van der Waals surface area contributed by atoms with Crippen molar-refractivity contribution in [2.45, 2.75) is 25.8 Å². The Hall–Kier alpha value is -1.16. The average Bonchev–Trinajstić information content (AvgIpc) is 2.65. The minimum atomic E-state index is 0.450. The second kappa shape index (κ2) is 3.92. The van der Waals surface area contributed by atoms with Crippen molar-refractivity contribution in [1.82, 2.24) is 10.2 Å². The van der Waals surface area contributed by atoms with Gasteiger partial charge < -0.3 is 10.6 Å². The molecule has 0 amide bonds. The van der Waals surface area contributed by atoms with Crippen molar-refractivity contribution in [3.8, 4) is 0 Å². The van der Waals surface area contributed by atoms with Gasteiger partial charge in [-0.05, 0) is 31.4 Å². The molecule has 1 aromatic heterocycles. The molecule has 1 atom stereocenters. The van der Waals surface area contributed by atoms with Crippen LogP contribution in [-0.2, 0) is 0 Å². The zero-order chi connectivity index (χ0) is 9.97. The molecule has 4 nitrogen and oxygen atoms in total. The van der Waals surface area contributed by atoms with Crippen LogP contribution >= 0.6 is 0 Å². The van der Waals surface area contributed by atoms with Crippen LogP contribution in [0.4, 0.5) is 5.82 Å². The molecule has 1 saturated heterocycles. The lowest BCUT2D eigenvalue weighted by Crippen LogP contribution is -2.36. The molecule has 2 rings (SSSR count). The number of nitrogens with zero attached hydrogens (tertiary/aromatic N) is 3. The van der Waals surface area contributed by atoms with Gasteiger partial charge >= 0.3 is 0 Å². The van der Waals surface area contributed by atoms with Crippen LogP contribution in [0.25, 0.3) is 0 Å². The van der Waals surface area contributed by atoms with E-state index in [0.29, 0.717) is 12.6 Å². The number of nitrogens with two attached hydrogens (primary N) is 1. The van der Waals surface area contributed by atoms with Gasteiger partial charge in [0.2, 0.25) is 0 Å². The van der Waals surface area contributed by atoms with E-state index >= 15 is 0 Å². The maximum absolute atomic E-state index is 5.71. The van der Waals surface area contributed by atoms with E-state index in [1.807, 2.05) is 6.92 Å². The largest absolute Gasteiger partial charge is 0.351 e. The fraction of sp³-hybridized carbons (Fsp3) is 0.600. The fourth-order valence-corrected chi connectivity index (χ4v) is 1.97. The molecule has 1 unspecified atom stereocenters. The molecule has 0 bridgehead atoms. The summed E-state index contributed by atoms with van der Waals surface area (Å²) >= 11 is 0. The first-order valence-electron chi connectivity index (χ1n) is 5.07. The number of anilines is 1. The summed E-state index contributed by atoms with van der Waals surface area (Å²) in [5.74, 6) is 0.970. The van der Waals surface area contributed by atoms with Gasteiger partial charge in [-0.2, -0.15) is 5.10 Å². The Morgan fingerprint density at radius 3 is 3.21 bits per heavy atom. The lowest BCUT2D eigenvalue weighted by molar-refractivity contribution is 0.667. The molecule has 1 aliphatic rings. The van der Waals surface area contributed by atoms with Crippen LogP contribution in [0.1, 0.15) is 18.4 Å². The van der Waals surface area contributed by atoms with Crippen LogP contribution in [0.3, 0.4) is 0 Å². The molecule has 0 spiro atoms. The third kappa shape index (κ3) is 1.70. The molecule has 2 heterocycles. The second-order valence-corrected chi connectivity index (χ2v) is 3.82. The second-order valence-electron chi connectivity index (χ2n) is 3.82. The average molecular weight is 192 g/mol. The zero-order valence-electron chi connectivity index (χ0n) is 8.48. The Labute approximate surface area is 84.1 Å². The highest BCUT2D eigenvalue weighted by Crippen LogP contribution is 2.22. The first-order chi connectivity index (χ1) is 6.81. The Bertz CT molecular complexity index is 313. The number of hydrogen-bond donors (Lipinski definition) is 1. The lowest BCUT2D eigenvalue weighted by Gasteiger charge is -2.23. The van der Waals surface area contributed by atoms with Gasteiger partial charge in [0.05, 0.1) is 6.20 Å². The molecule has 0 aromatic carbocycles. The third-order valence-corrected chi connectivity index (χ3v) is 2.72. The Morgan fingerprint density at radius 2 is 2.50 bits per heavy atom. The van der Waals surface area contributed by atoms with E-state index < -0.39 is 0 Å². The summed E-state index contributed by atoms with van der Waals surface area (Å²) in [6, 6.07) is 2.52. The van der Waals surface area contributed by atoms with Gasteiger partial charge in [-0.1, -0.05) is 0 Å². The van der Waals surface area contributed by atoms with E-state index in [0.717, 1.165) is 17.9 Å². The summed E-state index contributed by atoms with van der Waals surface area (Å²) in [5, 5.41) is 8.11. The predicted octanol–water partition coefficient (Wildman–Crippen LogP) is 0.713. The summed E-state index contributed by atoms with van der Waals surface area (Å²) in [6.45, 7) is 3.79. The minimum absolute atomic E-state index is 0.450. The topological polar surface area (TPSA) is 55.0 Å². The van der Waals surface area contributed by atoms with Gasteiger partial charge in [0.15, 0.2) is 5.82 Å². The first-order valence-corrected chi connectivity index (χ1v) is 5.07. The maximum Gasteiger partial charge on any atom is 0.151 e. The van der Waals surface area contributed by atoms with Crippen molar-refractivity contribution in [3.05, 3.63) is 17.8 Å². The van der Waals surface area contributed by atoms with Crippen LogP contribution < -0.4 is 10.6 Å². The fourth-order valence-electron chi connectivity index (χ4n) is 1.97. The predicted molar refractivity (Wildman–Crippen MR) is 56.2 cm³/mol. The Kier molecular flexibility index (Phi) is 2.63. The number of aryl methyl sites for hydroxylation is 1. The van der Waals surface area contributed by atoms with E-state index in [4.69, 9.17) is 5.73 Å². The molecule has 0 aliphatic carbocycles. The van der Waals surface area contributed by atoms with Crippen LogP contribution in [0.2, 0.25) is 0 Å². The molecule has 76 valence electrons. The molecule has 0 radical (unpaired) electrons. The monoisotopic (exact) mass is 192 g/mol. The van der Waals surface area contributed by atoms with Gasteiger partial charge in [0, 0.05) is 19.1 Å². The van der Waals surface area contributed by atoms with Crippen LogP contribution in [0.5, 0.6) is 0 Å². The first kappa shape index (κ1) is 9.40. The highest BCUT2D eigenvalue weighted by Gasteiger charge is 2.24. The van der Waals surface area contributed by atoms with Gasteiger partial charge in [-0.3, -0.25) is 0 Å². The van der Waals surface area contributed by atoms with E-state index in [-0.39, 0.29) is 0 Å². The molecule has 4 heteroatoms. The molecule has 1 fully saturated rings. The quantitative estimate of drug-likeness (QED) is 0.750. The van der Waals surface area contributed by atoms with Crippen LogP contribution in [-0.4, -0.2) is 29.3 Å². The van der Waals surface area contributed by atoms with E-state index in [1.165, 1.54) is 12.8 Å². The van der Waals surface area contributed by atoms with Gasteiger partial charge in [0.1, 0.15) is 0 Å². The van der Waals surface area contributed by atoms with E-state index in [9.17, 15) is 0 Å². The summed E-state index contributed by atoms with van der Waals surface area (Å²) in [5.41, 5.74) is 6.86. The van der Waals surface area contributed by atoms with E-state index in [2.05, 4.69) is 21.2 Å². The Morgan fingerprint density at radius 1 is 1.64 bits per heavy atom. The number of aromatic nitrogens is 2.